The first-order chi connectivity index (χ1) is 8.50. The van der Waals surface area contributed by atoms with Crippen molar-refractivity contribution in [3.05, 3.63) is 60.2 Å². The van der Waals surface area contributed by atoms with Gasteiger partial charge in [-0.05, 0) is 25.0 Å². The molecule has 0 spiro atoms. The van der Waals surface area contributed by atoms with Gasteiger partial charge in [0.05, 0.1) is 18.8 Å². The molecule has 1 aromatic carbocycles. The second kappa shape index (κ2) is 7.14. The van der Waals surface area contributed by atoms with Gasteiger partial charge in [-0.3, -0.25) is 0 Å². The molecule has 0 aromatic heterocycles. The topological polar surface area (TPSA) is 29.5 Å². The zero-order valence-corrected chi connectivity index (χ0v) is 11.2. The third kappa shape index (κ3) is 4.86. The van der Waals surface area contributed by atoms with Crippen LogP contribution < -0.4 is 0 Å². The molecule has 2 heteroatoms. The maximum atomic E-state index is 9.72. The number of aliphatic hydroxyl groups excluding tert-OH is 1. The van der Waals surface area contributed by atoms with Crippen LogP contribution in [0.1, 0.15) is 25.8 Å². The van der Waals surface area contributed by atoms with Gasteiger partial charge in [0.1, 0.15) is 0 Å². The molecular weight excluding hydrogens is 224 g/mol. The molecule has 98 valence electrons. The van der Waals surface area contributed by atoms with E-state index >= 15 is 0 Å². The third-order valence-electron chi connectivity index (χ3n) is 2.94. The van der Waals surface area contributed by atoms with Crippen molar-refractivity contribution in [2.45, 2.75) is 39.1 Å². The Morgan fingerprint density at radius 2 is 1.89 bits per heavy atom. The monoisotopic (exact) mass is 246 g/mol. The standard InChI is InChI=1S/C16H22O2/c1-12(2)16(17)10-13(3)14(4)18-11-15-8-6-5-7-9-15/h5-9,14,16-17H,1,3,10-11H2,2,4H3/t14-,16+/m0/s1. The Labute approximate surface area is 110 Å². The summed E-state index contributed by atoms with van der Waals surface area (Å²) in [6.07, 6.45) is -0.0925. The molecule has 0 heterocycles. The van der Waals surface area contributed by atoms with Gasteiger partial charge in [0, 0.05) is 6.42 Å². The van der Waals surface area contributed by atoms with Gasteiger partial charge >= 0.3 is 0 Å². The van der Waals surface area contributed by atoms with Crippen molar-refractivity contribution in [3.8, 4) is 0 Å². The first-order valence-corrected chi connectivity index (χ1v) is 6.17. The van der Waals surface area contributed by atoms with Crippen molar-refractivity contribution in [1.82, 2.24) is 0 Å². The summed E-state index contributed by atoms with van der Waals surface area (Å²) in [7, 11) is 0. The fourth-order valence-corrected chi connectivity index (χ4v) is 1.50. The van der Waals surface area contributed by atoms with Gasteiger partial charge < -0.3 is 9.84 Å². The summed E-state index contributed by atoms with van der Waals surface area (Å²) in [5.74, 6) is 0. The predicted octanol–water partition coefficient (Wildman–Crippen LogP) is 3.48. The Balaban J connectivity index is 2.39. The predicted molar refractivity (Wildman–Crippen MR) is 75.3 cm³/mol. The molecule has 2 atom stereocenters. The van der Waals surface area contributed by atoms with Crippen LogP contribution in [0.5, 0.6) is 0 Å². The summed E-state index contributed by atoms with van der Waals surface area (Å²) in [6.45, 7) is 12.0. The molecule has 0 radical (unpaired) electrons. The number of ether oxygens (including phenoxy) is 1. The van der Waals surface area contributed by atoms with Crippen molar-refractivity contribution in [3.63, 3.8) is 0 Å². The first-order valence-electron chi connectivity index (χ1n) is 6.17. The zero-order chi connectivity index (χ0) is 13.5. The average molecular weight is 246 g/mol. The summed E-state index contributed by atoms with van der Waals surface area (Å²) in [6, 6.07) is 10.0. The second-order valence-corrected chi connectivity index (χ2v) is 4.66. The van der Waals surface area contributed by atoms with Gasteiger partial charge in [0.15, 0.2) is 0 Å². The van der Waals surface area contributed by atoms with Crippen molar-refractivity contribution in [1.29, 1.82) is 0 Å². The van der Waals surface area contributed by atoms with Crippen LogP contribution in [0.4, 0.5) is 0 Å². The van der Waals surface area contributed by atoms with Gasteiger partial charge in [-0.25, -0.2) is 0 Å². The lowest BCUT2D eigenvalue weighted by Crippen LogP contribution is -2.17. The highest BCUT2D eigenvalue weighted by molar-refractivity contribution is 5.14. The van der Waals surface area contributed by atoms with Crippen LogP contribution in [0.2, 0.25) is 0 Å². The van der Waals surface area contributed by atoms with E-state index in [0.717, 1.165) is 16.7 Å². The lowest BCUT2D eigenvalue weighted by Gasteiger charge is -2.19. The maximum absolute atomic E-state index is 9.72. The summed E-state index contributed by atoms with van der Waals surface area (Å²) in [5, 5.41) is 9.72. The number of aliphatic hydroxyl groups is 1. The molecule has 2 nitrogen and oxygen atoms in total. The summed E-state index contributed by atoms with van der Waals surface area (Å²) in [5.41, 5.74) is 2.78. The Morgan fingerprint density at radius 1 is 1.28 bits per heavy atom. The lowest BCUT2D eigenvalue weighted by molar-refractivity contribution is 0.0701. The minimum Gasteiger partial charge on any atom is -0.388 e. The van der Waals surface area contributed by atoms with Crippen LogP contribution in [-0.4, -0.2) is 17.3 Å². The van der Waals surface area contributed by atoms with Gasteiger partial charge in [0.25, 0.3) is 0 Å². The highest BCUT2D eigenvalue weighted by Crippen LogP contribution is 2.16. The zero-order valence-electron chi connectivity index (χ0n) is 11.2. The molecule has 0 aliphatic rings. The largest absolute Gasteiger partial charge is 0.388 e. The van der Waals surface area contributed by atoms with E-state index < -0.39 is 6.10 Å². The smallest absolute Gasteiger partial charge is 0.0782 e. The number of benzene rings is 1. The maximum Gasteiger partial charge on any atom is 0.0782 e. The number of hydrogen-bond donors (Lipinski definition) is 1. The molecule has 1 rings (SSSR count). The minimum absolute atomic E-state index is 0.0702. The Bertz CT molecular complexity index is 395. The van der Waals surface area contributed by atoms with E-state index in [9.17, 15) is 5.11 Å². The number of rotatable bonds is 7. The molecule has 18 heavy (non-hydrogen) atoms. The van der Waals surface area contributed by atoms with Gasteiger partial charge in [-0.15, -0.1) is 0 Å². The molecule has 0 saturated carbocycles. The Kier molecular flexibility index (Phi) is 5.83. The van der Waals surface area contributed by atoms with Crippen LogP contribution in [0, 0.1) is 0 Å². The molecule has 0 aliphatic carbocycles. The highest BCUT2D eigenvalue weighted by atomic mass is 16.5. The Hall–Kier alpha value is -1.38. The SMILES string of the molecule is C=C(C)[C@H](O)CC(=C)[C@H](C)OCc1ccccc1. The molecule has 0 unspecified atom stereocenters. The van der Waals surface area contributed by atoms with E-state index in [-0.39, 0.29) is 6.10 Å². The normalized spacial score (nSPS) is 13.9. The van der Waals surface area contributed by atoms with Crippen LogP contribution in [0.3, 0.4) is 0 Å². The van der Waals surface area contributed by atoms with E-state index in [0.29, 0.717) is 13.0 Å². The lowest BCUT2D eigenvalue weighted by atomic mass is 10.0. The third-order valence-corrected chi connectivity index (χ3v) is 2.94. The summed E-state index contributed by atoms with van der Waals surface area (Å²) >= 11 is 0. The van der Waals surface area contributed by atoms with E-state index in [4.69, 9.17) is 4.74 Å². The first kappa shape index (κ1) is 14.7. The van der Waals surface area contributed by atoms with E-state index in [2.05, 4.69) is 13.2 Å². The van der Waals surface area contributed by atoms with Crippen LogP contribution >= 0.6 is 0 Å². The molecule has 0 aliphatic heterocycles. The van der Waals surface area contributed by atoms with Crippen molar-refractivity contribution >= 4 is 0 Å². The quantitative estimate of drug-likeness (QED) is 0.746. The number of hydrogen-bond acceptors (Lipinski definition) is 2. The fourth-order valence-electron chi connectivity index (χ4n) is 1.50. The Morgan fingerprint density at radius 3 is 2.44 bits per heavy atom. The summed E-state index contributed by atoms with van der Waals surface area (Å²) < 4.78 is 5.73. The van der Waals surface area contributed by atoms with Crippen LogP contribution in [0.25, 0.3) is 0 Å². The molecule has 0 bridgehead atoms. The van der Waals surface area contributed by atoms with E-state index in [1.165, 1.54) is 0 Å². The summed E-state index contributed by atoms with van der Waals surface area (Å²) in [4.78, 5) is 0. The average Bonchev–Trinajstić information content (AvgIpc) is 2.36. The van der Waals surface area contributed by atoms with Crippen molar-refractivity contribution in [2.24, 2.45) is 0 Å². The molecule has 0 fully saturated rings. The van der Waals surface area contributed by atoms with Crippen LogP contribution in [0.15, 0.2) is 54.6 Å². The molecule has 1 N–H and O–H groups in total. The molecule has 0 amide bonds. The molecule has 0 saturated heterocycles. The highest BCUT2D eigenvalue weighted by Gasteiger charge is 2.12. The molecule has 1 aromatic rings. The van der Waals surface area contributed by atoms with Crippen molar-refractivity contribution in [2.75, 3.05) is 0 Å². The van der Waals surface area contributed by atoms with E-state index in [1.807, 2.05) is 44.2 Å². The van der Waals surface area contributed by atoms with Gasteiger partial charge in [0.2, 0.25) is 0 Å². The second-order valence-electron chi connectivity index (χ2n) is 4.66. The van der Waals surface area contributed by atoms with Crippen molar-refractivity contribution < 1.29 is 9.84 Å². The molecular formula is C16H22O2. The fraction of sp³-hybridized carbons (Fsp3) is 0.375. The van der Waals surface area contributed by atoms with Gasteiger partial charge in [-0.2, -0.15) is 0 Å². The van der Waals surface area contributed by atoms with Gasteiger partial charge in [-0.1, -0.05) is 49.1 Å². The van der Waals surface area contributed by atoms with E-state index in [1.54, 1.807) is 0 Å². The minimum atomic E-state index is -0.528. The van der Waals surface area contributed by atoms with Crippen LogP contribution in [-0.2, 0) is 11.3 Å².